The van der Waals surface area contributed by atoms with Crippen molar-refractivity contribution >= 4 is 5.91 Å². The average Bonchev–Trinajstić information content (AvgIpc) is 2.72. The van der Waals surface area contributed by atoms with E-state index < -0.39 is 0 Å². The molecule has 3 nitrogen and oxygen atoms in total. The maximum absolute atomic E-state index is 14.0. The van der Waals surface area contributed by atoms with Crippen LogP contribution in [0.3, 0.4) is 0 Å². The monoisotopic (exact) mass is 262 g/mol. The number of nitrogens with one attached hydrogen (secondary N) is 1. The van der Waals surface area contributed by atoms with Gasteiger partial charge >= 0.3 is 0 Å². The van der Waals surface area contributed by atoms with E-state index in [1.165, 1.54) is 6.42 Å². The molecule has 0 unspecified atom stereocenters. The first kappa shape index (κ1) is 12.6. The molecule has 102 valence electrons. The molecule has 2 atom stereocenters. The average molecular weight is 262 g/mol. The Labute approximate surface area is 112 Å². The molecule has 1 amide bonds. The van der Waals surface area contributed by atoms with Crippen molar-refractivity contribution in [3.8, 4) is 0 Å². The van der Waals surface area contributed by atoms with E-state index in [9.17, 15) is 9.18 Å². The van der Waals surface area contributed by atoms with Gasteiger partial charge in [0.15, 0.2) is 0 Å². The lowest BCUT2D eigenvalue weighted by Crippen LogP contribution is -2.39. The number of amides is 1. The molecule has 0 aliphatic carbocycles. The topological polar surface area (TPSA) is 32.3 Å². The fourth-order valence-corrected chi connectivity index (χ4v) is 3.11. The van der Waals surface area contributed by atoms with E-state index in [2.05, 4.69) is 5.32 Å². The molecule has 1 N–H and O–H groups in total. The first-order valence-electron chi connectivity index (χ1n) is 6.95. The predicted octanol–water partition coefficient (Wildman–Crippen LogP) is 2.10. The van der Waals surface area contributed by atoms with Crippen LogP contribution in [0, 0.1) is 12.7 Å². The number of nitrogens with zero attached hydrogens (tertiary/aromatic N) is 1. The van der Waals surface area contributed by atoms with Gasteiger partial charge in [-0.05, 0) is 37.8 Å². The normalized spacial score (nSPS) is 26.3. The molecule has 0 spiro atoms. The molecule has 0 aromatic heterocycles. The second kappa shape index (κ2) is 4.93. The van der Waals surface area contributed by atoms with Crippen LogP contribution in [0.2, 0.25) is 0 Å². The highest BCUT2D eigenvalue weighted by Gasteiger charge is 2.32. The Bertz CT molecular complexity index is 503. The molecular weight excluding hydrogens is 243 g/mol. The van der Waals surface area contributed by atoms with Crippen LogP contribution < -0.4 is 5.32 Å². The summed E-state index contributed by atoms with van der Waals surface area (Å²) in [6.45, 7) is 3.11. The fourth-order valence-electron chi connectivity index (χ4n) is 3.11. The summed E-state index contributed by atoms with van der Waals surface area (Å²) in [5.41, 5.74) is 0.734. The van der Waals surface area contributed by atoms with Crippen LogP contribution in [0.1, 0.15) is 35.2 Å². The molecule has 2 saturated heterocycles. The van der Waals surface area contributed by atoms with E-state index in [0.717, 1.165) is 19.4 Å². The van der Waals surface area contributed by atoms with Crippen molar-refractivity contribution in [1.82, 2.24) is 10.2 Å². The van der Waals surface area contributed by atoms with E-state index in [0.29, 0.717) is 24.2 Å². The molecule has 0 radical (unpaired) electrons. The SMILES string of the molecule is Cc1cccc(C(=O)N2CC[C@H]3CC[C@@H](C2)N3)c1F. The summed E-state index contributed by atoms with van der Waals surface area (Å²) in [6.07, 6.45) is 3.28. The second-order valence-electron chi connectivity index (χ2n) is 5.61. The highest BCUT2D eigenvalue weighted by atomic mass is 19.1. The predicted molar refractivity (Wildman–Crippen MR) is 71.6 cm³/mol. The maximum Gasteiger partial charge on any atom is 0.256 e. The quantitative estimate of drug-likeness (QED) is 0.840. The highest BCUT2D eigenvalue weighted by molar-refractivity contribution is 5.94. The van der Waals surface area contributed by atoms with E-state index in [-0.39, 0.29) is 17.3 Å². The van der Waals surface area contributed by atoms with Crippen LogP contribution in [0.4, 0.5) is 4.39 Å². The van der Waals surface area contributed by atoms with Gasteiger partial charge in [0.1, 0.15) is 5.82 Å². The Kier molecular flexibility index (Phi) is 3.27. The van der Waals surface area contributed by atoms with Crippen molar-refractivity contribution < 1.29 is 9.18 Å². The summed E-state index contributed by atoms with van der Waals surface area (Å²) in [6, 6.07) is 5.93. The number of likely N-dealkylation sites (tertiary alicyclic amines) is 1. The number of aryl methyl sites for hydroxylation is 1. The Hall–Kier alpha value is -1.42. The maximum atomic E-state index is 14.0. The van der Waals surface area contributed by atoms with E-state index in [1.54, 1.807) is 30.0 Å². The van der Waals surface area contributed by atoms with Gasteiger partial charge in [0.25, 0.3) is 5.91 Å². The molecule has 2 aliphatic rings. The van der Waals surface area contributed by atoms with Gasteiger partial charge < -0.3 is 10.2 Å². The lowest BCUT2D eigenvalue weighted by atomic mass is 10.1. The molecule has 2 aliphatic heterocycles. The van der Waals surface area contributed by atoms with Gasteiger partial charge in [-0.25, -0.2) is 4.39 Å². The Morgan fingerprint density at radius 3 is 2.95 bits per heavy atom. The largest absolute Gasteiger partial charge is 0.337 e. The number of fused-ring (bicyclic) bond motifs is 2. The van der Waals surface area contributed by atoms with E-state index in [4.69, 9.17) is 0 Å². The first-order valence-corrected chi connectivity index (χ1v) is 6.95. The van der Waals surface area contributed by atoms with Crippen molar-refractivity contribution in [2.45, 2.75) is 38.3 Å². The lowest BCUT2D eigenvalue weighted by molar-refractivity contribution is 0.0743. The van der Waals surface area contributed by atoms with Gasteiger partial charge in [0, 0.05) is 25.2 Å². The minimum absolute atomic E-state index is 0.171. The number of halogens is 1. The third kappa shape index (κ3) is 2.37. The molecule has 4 heteroatoms. The summed E-state index contributed by atoms with van der Waals surface area (Å²) in [4.78, 5) is 14.3. The van der Waals surface area contributed by atoms with Crippen LogP contribution in [-0.4, -0.2) is 36.0 Å². The third-order valence-corrected chi connectivity index (χ3v) is 4.23. The zero-order valence-corrected chi connectivity index (χ0v) is 11.2. The zero-order chi connectivity index (χ0) is 13.4. The van der Waals surface area contributed by atoms with Crippen molar-refractivity contribution in [1.29, 1.82) is 0 Å². The Morgan fingerprint density at radius 1 is 1.32 bits per heavy atom. The van der Waals surface area contributed by atoms with Crippen molar-refractivity contribution in [3.05, 3.63) is 35.1 Å². The number of rotatable bonds is 1. The molecule has 1 aromatic rings. The Morgan fingerprint density at radius 2 is 2.11 bits per heavy atom. The Balaban J connectivity index is 1.81. The van der Waals surface area contributed by atoms with Gasteiger partial charge in [-0.1, -0.05) is 12.1 Å². The van der Waals surface area contributed by atoms with Crippen LogP contribution in [0.25, 0.3) is 0 Å². The first-order chi connectivity index (χ1) is 9.15. The smallest absolute Gasteiger partial charge is 0.256 e. The summed E-state index contributed by atoms with van der Waals surface area (Å²) in [5.74, 6) is -0.551. The van der Waals surface area contributed by atoms with Crippen LogP contribution in [0.15, 0.2) is 18.2 Å². The van der Waals surface area contributed by atoms with Gasteiger partial charge in [-0.15, -0.1) is 0 Å². The summed E-state index contributed by atoms with van der Waals surface area (Å²) in [5, 5.41) is 3.53. The van der Waals surface area contributed by atoms with Crippen molar-refractivity contribution in [2.75, 3.05) is 13.1 Å². The minimum atomic E-state index is -0.380. The zero-order valence-electron chi connectivity index (χ0n) is 11.2. The van der Waals surface area contributed by atoms with Crippen LogP contribution in [-0.2, 0) is 0 Å². The standard InChI is InChI=1S/C15H19FN2O/c1-10-3-2-4-13(14(10)16)15(19)18-8-7-11-5-6-12(9-18)17-11/h2-4,11-12,17H,5-9H2,1H3/t11-,12+/m1/s1. The van der Waals surface area contributed by atoms with Gasteiger partial charge in [-0.2, -0.15) is 0 Å². The van der Waals surface area contributed by atoms with Crippen molar-refractivity contribution in [3.63, 3.8) is 0 Å². The van der Waals surface area contributed by atoms with Gasteiger partial charge in [0.05, 0.1) is 5.56 Å². The number of carbonyl (C=O) groups is 1. The molecule has 2 fully saturated rings. The van der Waals surface area contributed by atoms with E-state index >= 15 is 0 Å². The van der Waals surface area contributed by atoms with Crippen LogP contribution in [0.5, 0.6) is 0 Å². The van der Waals surface area contributed by atoms with Gasteiger partial charge in [-0.3, -0.25) is 4.79 Å². The molecule has 2 bridgehead atoms. The number of hydrogen-bond donors (Lipinski definition) is 1. The van der Waals surface area contributed by atoms with Crippen molar-refractivity contribution in [2.24, 2.45) is 0 Å². The summed E-state index contributed by atoms with van der Waals surface area (Å²) in [7, 11) is 0. The summed E-state index contributed by atoms with van der Waals surface area (Å²) >= 11 is 0. The molecule has 1 aromatic carbocycles. The molecule has 2 heterocycles. The number of carbonyl (C=O) groups excluding carboxylic acids is 1. The molecular formula is C15H19FN2O. The highest BCUT2D eigenvalue weighted by Crippen LogP contribution is 2.22. The van der Waals surface area contributed by atoms with Crippen LogP contribution >= 0.6 is 0 Å². The molecule has 0 saturated carbocycles. The number of hydrogen-bond acceptors (Lipinski definition) is 2. The third-order valence-electron chi connectivity index (χ3n) is 4.23. The molecule has 3 rings (SSSR count). The van der Waals surface area contributed by atoms with E-state index in [1.807, 2.05) is 0 Å². The fraction of sp³-hybridized carbons (Fsp3) is 0.533. The summed E-state index contributed by atoms with van der Waals surface area (Å²) < 4.78 is 14.0. The lowest BCUT2D eigenvalue weighted by Gasteiger charge is -2.24. The second-order valence-corrected chi connectivity index (χ2v) is 5.61. The molecule has 19 heavy (non-hydrogen) atoms. The number of benzene rings is 1. The minimum Gasteiger partial charge on any atom is -0.337 e. The van der Waals surface area contributed by atoms with Gasteiger partial charge in [0.2, 0.25) is 0 Å².